The van der Waals surface area contributed by atoms with E-state index in [1.165, 1.54) is 11.1 Å². The van der Waals surface area contributed by atoms with E-state index in [9.17, 15) is 0 Å². The molecule has 2 rings (SSSR count). The van der Waals surface area contributed by atoms with Crippen LogP contribution < -0.4 is 5.32 Å². The molecule has 0 spiro atoms. The van der Waals surface area contributed by atoms with Gasteiger partial charge in [-0.1, -0.05) is 34.5 Å². The van der Waals surface area contributed by atoms with Gasteiger partial charge in [0.1, 0.15) is 0 Å². The van der Waals surface area contributed by atoms with E-state index in [1.807, 2.05) is 30.1 Å². The third-order valence-electron chi connectivity index (χ3n) is 3.41. The first-order valence-electron chi connectivity index (χ1n) is 7.25. The summed E-state index contributed by atoms with van der Waals surface area (Å²) in [4.78, 5) is 0. The second-order valence-corrected chi connectivity index (χ2v) is 6.62. The van der Waals surface area contributed by atoms with Gasteiger partial charge in [-0.3, -0.25) is 4.68 Å². The molecular formula is C16H21BrClN3. The molecule has 3 nitrogen and oxygen atoms in total. The van der Waals surface area contributed by atoms with E-state index in [1.54, 1.807) is 0 Å². The third-order valence-corrected chi connectivity index (χ3v) is 4.08. The lowest BCUT2D eigenvalue weighted by Gasteiger charge is -2.19. The Labute approximate surface area is 139 Å². The van der Waals surface area contributed by atoms with Gasteiger partial charge >= 0.3 is 0 Å². The molecule has 1 unspecified atom stereocenters. The number of hydrogen-bond donors (Lipinski definition) is 1. The molecule has 0 bridgehead atoms. The molecule has 0 aliphatic heterocycles. The highest BCUT2D eigenvalue weighted by Gasteiger charge is 2.13. The molecule has 0 amide bonds. The number of rotatable bonds is 7. The van der Waals surface area contributed by atoms with Crippen LogP contribution >= 0.6 is 27.5 Å². The zero-order chi connectivity index (χ0) is 15.2. The van der Waals surface area contributed by atoms with Crippen molar-refractivity contribution in [3.8, 4) is 0 Å². The molecule has 21 heavy (non-hydrogen) atoms. The third kappa shape index (κ3) is 5.13. The summed E-state index contributed by atoms with van der Waals surface area (Å²) in [5.41, 5.74) is 2.49. The zero-order valence-corrected chi connectivity index (χ0v) is 14.8. The number of benzene rings is 1. The summed E-state index contributed by atoms with van der Waals surface area (Å²) in [6, 6.07) is 6.41. The number of aromatic nitrogens is 2. The van der Waals surface area contributed by atoms with Crippen molar-refractivity contribution in [2.75, 3.05) is 6.54 Å². The van der Waals surface area contributed by atoms with E-state index in [2.05, 4.69) is 45.5 Å². The normalized spacial score (nSPS) is 12.6. The monoisotopic (exact) mass is 369 g/mol. The molecule has 0 radical (unpaired) electrons. The van der Waals surface area contributed by atoms with Crippen LogP contribution in [0.25, 0.3) is 0 Å². The first-order valence-corrected chi connectivity index (χ1v) is 8.42. The molecule has 0 fully saturated rings. The predicted molar refractivity (Wildman–Crippen MR) is 91.7 cm³/mol. The Morgan fingerprint density at radius 3 is 2.81 bits per heavy atom. The van der Waals surface area contributed by atoms with Crippen LogP contribution in [0.3, 0.4) is 0 Å². The average Bonchev–Trinajstić information content (AvgIpc) is 2.83. The number of halogens is 2. The summed E-state index contributed by atoms with van der Waals surface area (Å²) in [5.74, 6) is 0. The highest BCUT2D eigenvalue weighted by Crippen LogP contribution is 2.26. The molecule has 0 aliphatic carbocycles. The minimum atomic E-state index is 0.306. The van der Waals surface area contributed by atoms with Gasteiger partial charge < -0.3 is 5.32 Å². The Balaban J connectivity index is 2.09. The van der Waals surface area contributed by atoms with E-state index in [0.717, 1.165) is 35.3 Å². The van der Waals surface area contributed by atoms with Crippen molar-refractivity contribution in [1.29, 1.82) is 0 Å². The number of hydrogen-bond acceptors (Lipinski definition) is 2. The molecule has 1 atom stereocenters. The van der Waals surface area contributed by atoms with Crippen LogP contribution in [0.15, 0.2) is 35.1 Å². The summed E-state index contributed by atoms with van der Waals surface area (Å²) in [6.45, 7) is 3.18. The van der Waals surface area contributed by atoms with Crippen molar-refractivity contribution in [2.45, 2.75) is 32.2 Å². The maximum Gasteiger partial charge on any atom is 0.0521 e. The minimum Gasteiger partial charge on any atom is -0.310 e. The fourth-order valence-electron chi connectivity index (χ4n) is 2.39. The van der Waals surface area contributed by atoms with Crippen LogP contribution in [-0.2, 0) is 13.5 Å². The van der Waals surface area contributed by atoms with Crippen LogP contribution in [0, 0.1) is 0 Å². The molecule has 0 saturated carbocycles. The summed E-state index contributed by atoms with van der Waals surface area (Å²) < 4.78 is 2.87. The summed E-state index contributed by atoms with van der Waals surface area (Å²) >= 11 is 9.70. The Morgan fingerprint density at radius 1 is 1.38 bits per heavy atom. The van der Waals surface area contributed by atoms with Gasteiger partial charge in [-0.05, 0) is 55.1 Å². The maximum atomic E-state index is 6.18. The first-order chi connectivity index (χ1) is 10.1. The van der Waals surface area contributed by atoms with Crippen molar-refractivity contribution < 1.29 is 0 Å². The summed E-state index contributed by atoms with van der Waals surface area (Å²) in [6.07, 6.45) is 7.15. The van der Waals surface area contributed by atoms with Gasteiger partial charge in [0, 0.05) is 28.8 Å². The van der Waals surface area contributed by atoms with Crippen LogP contribution in [-0.4, -0.2) is 16.3 Å². The largest absolute Gasteiger partial charge is 0.310 e. The van der Waals surface area contributed by atoms with Crippen molar-refractivity contribution in [3.63, 3.8) is 0 Å². The van der Waals surface area contributed by atoms with Crippen molar-refractivity contribution in [1.82, 2.24) is 15.1 Å². The van der Waals surface area contributed by atoms with Crippen LogP contribution in [0.4, 0.5) is 0 Å². The van der Waals surface area contributed by atoms with Crippen LogP contribution in [0.1, 0.15) is 36.9 Å². The molecule has 2 aromatic rings. The average molecular weight is 371 g/mol. The second-order valence-electron chi connectivity index (χ2n) is 5.27. The second kappa shape index (κ2) is 7.97. The number of nitrogens with zero attached hydrogens (tertiary/aromatic N) is 2. The van der Waals surface area contributed by atoms with Gasteiger partial charge in [0.15, 0.2) is 0 Å². The number of aryl methyl sites for hydroxylation is 2. The highest BCUT2D eigenvalue weighted by molar-refractivity contribution is 9.10. The molecule has 1 N–H and O–H groups in total. The van der Waals surface area contributed by atoms with E-state index in [0.29, 0.717) is 6.04 Å². The van der Waals surface area contributed by atoms with E-state index in [-0.39, 0.29) is 0 Å². The molecule has 0 aliphatic rings. The summed E-state index contributed by atoms with van der Waals surface area (Å²) in [7, 11) is 1.95. The standard InChI is InChI=1S/C16H21BrClN3/c1-3-6-19-16(5-4-12-10-20-21(2)11-12)13-7-14(17)9-15(18)8-13/h7-11,16,19H,3-6H2,1-2H3. The van der Waals surface area contributed by atoms with Crippen LogP contribution in [0.5, 0.6) is 0 Å². The lowest BCUT2D eigenvalue weighted by molar-refractivity contribution is 0.499. The fourth-order valence-corrected chi connectivity index (χ4v) is 3.28. The molecule has 114 valence electrons. The predicted octanol–water partition coefficient (Wildman–Crippen LogP) is 4.51. The van der Waals surface area contributed by atoms with Crippen molar-refractivity contribution >= 4 is 27.5 Å². The minimum absolute atomic E-state index is 0.306. The Morgan fingerprint density at radius 2 is 2.19 bits per heavy atom. The lowest BCUT2D eigenvalue weighted by Crippen LogP contribution is -2.22. The van der Waals surface area contributed by atoms with Crippen molar-refractivity contribution in [2.24, 2.45) is 7.05 Å². The van der Waals surface area contributed by atoms with E-state index < -0.39 is 0 Å². The van der Waals surface area contributed by atoms with Crippen LogP contribution in [0.2, 0.25) is 5.02 Å². The molecule has 1 heterocycles. The van der Waals surface area contributed by atoms with E-state index in [4.69, 9.17) is 11.6 Å². The zero-order valence-electron chi connectivity index (χ0n) is 12.4. The van der Waals surface area contributed by atoms with Crippen molar-refractivity contribution in [3.05, 3.63) is 51.2 Å². The molecule has 1 aromatic heterocycles. The highest BCUT2D eigenvalue weighted by atomic mass is 79.9. The first kappa shape index (κ1) is 16.5. The quantitative estimate of drug-likeness (QED) is 0.777. The number of nitrogens with one attached hydrogen (secondary N) is 1. The van der Waals surface area contributed by atoms with Gasteiger partial charge in [-0.25, -0.2) is 0 Å². The fraction of sp³-hybridized carbons (Fsp3) is 0.438. The SMILES string of the molecule is CCCNC(CCc1cnn(C)c1)c1cc(Cl)cc(Br)c1. The maximum absolute atomic E-state index is 6.18. The molecule has 1 aromatic carbocycles. The molecule has 0 saturated heterocycles. The van der Waals surface area contributed by atoms with Gasteiger partial charge in [0.05, 0.1) is 6.20 Å². The van der Waals surface area contributed by atoms with Gasteiger partial charge in [-0.2, -0.15) is 5.10 Å². The van der Waals surface area contributed by atoms with Gasteiger partial charge in [-0.15, -0.1) is 0 Å². The Kier molecular flexibility index (Phi) is 6.27. The molecule has 5 heteroatoms. The van der Waals surface area contributed by atoms with Gasteiger partial charge in [0.2, 0.25) is 0 Å². The van der Waals surface area contributed by atoms with Gasteiger partial charge in [0.25, 0.3) is 0 Å². The summed E-state index contributed by atoms with van der Waals surface area (Å²) in [5, 5.41) is 8.60. The Bertz CT molecular complexity index is 562. The Hall–Kier alpha value is -0.840. The smallest absolute Gasteiger partial charge is 0.0521 e. The molecular weight excluding hydrogens is 350 g/mol. The topological polar surface area (TPSA) is 29.9 Å². The lowest BCUT2D eigenvalue weighted by atomic mass is 10.00. The van der Waals surface area contributed by atoms with E-state index >= 15 is 0 Å².